The highest BCUT2D eigenvalue weighted by molar-refractivity contribution is 7.89. The monoisotopic (exact) mass is 334 g/mol. The van der Waals surface area contributed by atoms with Crippen molar-refractivity contribution in [3.8, 4) is 0 Å². The highest BCUT2D eigenvalue weighted by Crippen LogP contribution is 2.22. The lowest BCUT2D eigenvalue weighted by atomic mass is 10.2. The van der Waals surface area contributed by atoms with Crippen LogP contribution in [0, 0.1) is 0 Å². The maximum atomic E-state index is 12.3. The van der Waals surface area contributed by atoms with E-state index < -0.39 is 10.0 Å². The molecule has 0 saturated heterocycles. The van der Waals surface area contributed by atoms with Crippen LogP contribution in [0.15, 0.2) is 23.1 Å². The molecule has 21 heavy (non-hydrogen) atoms. The van der Waals surface area contributed by atoms with Crippen molar-refractivity contribution in [3.05, 3.63) is 28.8 Å². The first-order valence-electron chi connectivity index (χ1n) is 7.01. The lowest BCUT2D eigenvalue weighted by Gasteiger charge is -2.14. The van der Waals surface area contributed by atoms with Crippen LogP contribution in [0.4, 0.5) is 0 Å². The first-order chi connectivity index (χ1) is 9.90. The van der Waals surface area contributed by atoms with Crippen LogP contribution in [0.3, 0.4) is 0 Å². The zero-order valence-electron chi connectivity index (χ0n) is 12.6. The van der Waals surface area contributed by atoms with Gasteiger partial charge in [0.25, 0.3) is 0 Å². The number of ether oxygens (including phenoxy) is 1. The summed E-state index contributed by atoms with van der Waals surface area (Å²) in [5, 5.41) is 3.37. The van der Waals surface area contributed by atoms with Gasteiger partial charge in [-0.05, 0) is 38.1 Å². The van der Waals surface area contributed by atoms with Crippen molar-refractivity contribution in [3.63, 3.8) is 0 Å². The summed E-state index contributed by atoms with van der Waals surface area (Å²) in [5.74, 6) is 0. The fourth-order valence-electron chi connectivity index (χ4n) is 1.78. The van der Waals surface area contributed by atoms with E-state index in [9.17, 15) is 8.42 Å². The third kappa shape index (κ3) is 5.92. The molecule has 5 nitrogen and oxygen atoms in total. The van der Waals surface area contributed by atoms with E-state index in [4.69, 9.17) is 16.3 Å². The molecule has 1 rings (SSSR count). The molecule has 120 valence electrons. The summed E-state index contributed by atoms with van der Waals surface area (Å²) in [6.07, 6.45) is -0.187. The van der Waals surface area contributed by atoms with Gasteiger partial charge in [0.2, 0.25) is 10.0 Å². The number of nitrogens with one attached hydrogen (secondary N) is 2. The highest BCUT2D eigenvalue weighted by atomic mass is 35.5. The minimum Gasteiger partial charge on any atom is -0.377 e. The summed E-state index contributed by atoms with van der Waals surface area (Å²) in [7, 11) is -3.64. The normalized spacial score (nSPS) is 13.3. The maximum absolute atomic E-state index is 12.3. The Labute approximate surface area is 132 Å². The van der Waals surface area contributed by atoms with Crippen molar-refractivity contribution >= 4 is 21.6 Å². The van der Waals surface area contributed by atoms with Gasteiger partial charge >= 0.3 is 0 Å². The molecule has 1 aromatic rings. The van der Waals surface area contributed by atoms with Crippen LogP contribution in [0.1, 0.15) is 26.3 Å². The molecule has 0 heterocycles. The van der Waals surface area contributed by atoms with Crippen LogP contribution in [0.2, 0.25) is 5.02 Å². The number of hydrogen-bond acceptors (Lipinski definition) is 4. The van der Waals surface area contributed by atoms with Gasteiger partial charge in [-0.1, -0.05) is 24.6 Å². The van der Waals surface area contributed by atoms with Crippen LogP contribution in [-0.2, 0) is 21.3 Å². The van der Waals surface area contributed by atoms with Gasteiger partial charge in [0, 0.05) is 19.7 Å². The van der Waals surface area contributed by atoms with E-state index >= 15 is 0 Å². The standard InChI is InChI=1S/C14H23ClN2O3S/c1-4-16-10-12-6-7-13(15)14(8-12)21(18,19)17-9-11(3)20-5-2/h6-8,11,16-17H,4-5,9-10H2,1-3H3. The number of benzene rings is 1. The quantitative estimate of drug-likeness (QED) is 0.726. The molecule has 7 heteroatoms. The number of rotatable bonds is 9. The summed E-state index contributed by atoms with van der Waals surface area (Å²) in [6.45, 7) is 7.84. The second-order valence-electron chi connectivity index (χ2n) is 4.66. The Bertz CT molecular complexity index is 549. The first kappa shape index (κ1) is 18.4. The molecule has 0 aliphatic carbocycles. The Hall–Kier alpha value is -0.660. The second kappa shape index (κ2) is 8.70. The molecule has 1 aromatic carbocycles. The fraction of sp³-hybridized carbons (Fsp3) is 0.571. The molecule has 0 saturated carbocycles. The van der Waals surface area contributed by atoms with Gasteiger partial charge in [-0.2, -0.15) is 0 Å². The average molecular weight is 335 g/mol. The zero-order valence-corrected chi connectivity index (χ0v) is 14.2. The first-order valence-corrected chi connectivity index (χ1v) is 8.87. The van der Waals surface area contributed by atoms with E-state index in [0.29, 0.717) is 13.2 Å². The Balaban J connectivity index is 2.86. The van der Waals surface area contributed by atoms with Crippen molar-refractivity contribution in [2.75, 3.05) is 19.7 Å². The van der Waals surface area contributed by atoms with Gasteiger partial charge in [-0.15, -0.1) is 0 Å². The van der Waals surface area contributed by atoms with Crippen molar-refractivity contribution < 1.29 is 13.2 Å². The van der Waals surface area contributed by atoms with E-state index in [0.717, 1.165) is 12.1 Å². The molecular formula is C14H23ClN2O3S. The smallest absolute Gasteiger partial charge is 0.242 e. The third-order valence-corrected chi connectivity index (χ3v) is 4.78. The van der Waals surface area contributed by atoms with Crippen LogP contribution < -0.4 is 10.0 Å². The Morgan fingerprint density at radius 3 is 2.67 bits per heavy atom. The number of halogens is 1. The lowest BCUT2D eigenvalue weighted by Crippen LogP contribution is -2.32. The topological polar surface area (TPSA) is 67.4 Å². The summed E-state index contributed by atoms with van der Waals surface area (Å²) in [6, 6.07) is 5.01. The molecule has 0 amide bonds. The minimum atomic E-state index is -3.64. The van der Waals surface area contributed by atoms with E-state index in [1.165, 1.54) is 0 Å². The predicted octanol–water partition coefficient (Wildman–Crippen LogP) is 2.15. The lowest BCUT2D eigenvalue weighted by molar-refractivity contribution is 0.0799. The van der Waals surface area contributed by atoms with E-state index in [1.54, 1.807) is 12.1 Å². The van der Waals surface area contributed by atoms with Gasteiger partial charge < -0.3 is 10.1 Å². The molecule has 2 N–H and O–H groups in total. The fourth-order valence-corrected chi connectivity index (χ4v) is 3.44. The summed E-state index contributed by atoms with van der Waals surface area (Å²) < 4.78 is 32.5. The molecule has 0 aromatic heterocycles. The molecular weight excluding hydrogens is 312 g/mol. The Kier molecular flexibility index (Phi) is 7.62. The Morgan fingerprint density at radius 2 is 2.05 bits per heavy atom. The van der Waals surface area contributed by atoms with Crippen LogP contribution >= 0.6 is 11.6 Å². The summed E-state index contributed by atoms with van der Waals surface area (Å²) in [4.78, 5) is 0.100. The van der Waals surface area contributed by atoms with Gasteiger partial charge in [0.15, 0.2) is 0 Å². The van der Waals surface area contributed by atoms with Crippen molar-refractivity contribution in [1.82, 2.24) is 10.0 Å². The van der Waals surface area contributed by atoms with E-state index in [2.05, 4.69) is 10.0 Å². The molecule has 0 fully saturated rings. The largest absolute Gasteiger partial charge is 0.377 e. The number of hydrogen-bond donors (Lipinski definition) is 2. The molecule has 0 spiro atoms. The third-order valence-electron chi connectivity index (χ3n) is 2.88. The molecule has 1 atom stereocenters. The maximum Gasteiger partial charge on any atom is 0.242 e. The summed E-state index contributed by atoms with van der Waals surface area (Å²) >= 11 is 6.02. The van der Waals surface area contributed by atoms with Crippen LogP contribution in [0.5, 0.6) is 0 Å². The molecule has 1 unspecified atom stereocenters. The van der Waals surface area contributed by atoms with Gasteiger partial charge in [-0.3, -0.25) is 0 Å². The molecule has 0 radical (unpaired) electrons. The van der Waals surface area contributed by atoms with Crippen LogP contribution in [0.25, 0.3) is 0 Å². The Morgan fingerprint density at radius 1 is 1.33 bits per heavy atom. The molecule has 0 bridgehead atoms. The van der Waals surface area contributed by atoms with Crippen LogP contribution in [-0.4, -0.2) is 34.2 Å². The van der Waals surface area contributed by atoms with E-state index in [-0.39, 0.29) is 22.6 Å². The summed E-state index contributed by atoms with van der Waals surface area (Å²) in [5.41, 5.74) is 0.875. The van der Waals surface area contributed by atoms with Gasteiger partial charge in [-0.25, -0.2) is 13.1 Å². The van der Waals surface area contributed by atoms with Crippen molar-refractivity contribution in [2.45, 2.75) is 38.3 Å². The van der Waals surface area contributed by atoms with E-state index in [1.807, 2.05) is 26.8 Å². The zero-order chi connectivity index (χ0) is 15.9. The van der Waals surface area contributed by atoms with Crippen molar-refractivity contribution in [2.24, 2.45) is 0 Å². The SMILES string of the molecule is CCNCc1ccc(Cl)c(S(=O)(=O)NCC(C)OCC)c1. The predicted molar refractivity (Wildman–Crippen MR) is 85.1 cm³/mol. The van der Waals surface area contributed by atoms with Gasteiger partial charge in [0.05, 0.1) is 11.1 Å². The highest BCUT2D eigenvalue weighted by Gasteiger charge is 2.19. The number of sulfonamides is 1. The average Bonchev–Trinajstić information content (AvgIpc) is 2.44. The second-order valence-corrected chi connectivity index (χ2v) is 6.81. The molecule has 0 aliphatic heterocycles. The van der Waals surface area contributed by atoms with Gasteiger partial charge in [0.1, 0.15) is 4.90 Å². The minimum absolute atomic E-state index is 0.100. The molecule has 0 aliphatic rings. The van der Waals surface area contributed by atoms with Crippen molar-refractivity contribution in [1.29, 1.82) is 0 Å².